The van der Waals surface area contributed by atoms with Gasteiger partial charge in [-0.1, -0.05) is 27.2 Å². The first-order valence-corrected chi connectivity index (χ1v) is 7.68. The molecule has 0 spiro atoms. The molecule has 0 fully saturated rings. The molecule has 0 aromatic carbocycles. The highest BCUT2D eigenvalue weighted by atomic mass is 16.5. The van der Waals surface area contributed by atoms with E-state index in [9.17, 15) is 0 Å². The van der Waals surface area contributed by atoms with E-state index in [1.807, 2.05) is 6.92 Å². The molecule has 0 aliphatic rings. The van der Waals surface area contributed by atoms with Gasteiger partial charge < -0.3 is 10.1 Å². The summed E-state index contributed by atoms with van der Waals surface area (Å²) in [7, 11) is 0. The summed E-state index contributed by atoms with van der Waals surface area (Å²) in [4.78, 5) is 9.35. The van der Waals surface area contributed by atoms with Gasteiger partial charge in [0, 0.05) is 36.1 Å². The van der Waals surface area contributed by atoms with Crippen molar-refractivity contribution in [2.24, 2.45) is 0 Å². The van der Waals surface area contributed by atoms with Crippen molar-refractivity contribution in [3.8, 4) is 0 Å². The van der Waals surface area contributed by atoms with Crippen LogP contribution >= 0.6 is 0 Å². The average molecular weight is 279 g/mol. The van der Waals surface area contributed by atoms with Crippen LogP contribution in [-0.4, -0.2) is 22.6 Å². The van der Waals surface area contributed by atoms with Crippen molar-refractivity contribution in [2.45, 2.75) is 73.1 Å². The lowest BCUT2D eigenvalue weighted by atomic mass is 10.1. The molecule has 0 aliphatic carbocycles. The Morgan fingerprint density at radius 2 is 1.70 bits per heavy atom. The second-order valence-electron chi connectivity index (χ2n) is 5.50. The zero-order valence-electron chi connectivity index (χ0n) is 13.8. The van der Waals surface area contributed by atoms with Gasteiger partial charge in [-0.25, -0.2) is 9.97 Å². The number of hydrogen-bond donors (Lipinski definition) is 1. The summed E-state index contributed by atoms with van der Waals surface area (Å²) in [5, 5.41) is 3.43. The van der Waals surface area contributed by atoms with Crippen LogP contribution in [0, 0.1) is 13.8 Å². The third-order valence-corrected chi connectivity index (χ3v) is 3.33. The smallest absolute Gasteiger partial charge is 0.157 e. The topological polar surface area (TPSA) is 47.0 Å². The number of rotatable bonds is 8. The molecule has 1 aromatic heterocycles. The maximum absolute atomic E-state index is 5.78. The summed E-state index contributed by atoms with van der Waals surface area (Å²) in [6, 6.07) is 0.463. The van der Waals surface area contributed by atoms with Gasteiger partial charge in [0.25, 0.3) is 0 Å². The van der Waals surface area contributed by atoms with Gasteiger partial charge in [0.15, 0.2) is 5.82 Å². The van der Waals surface area contributed by atoms with E-state index in [1.54, 1.807) is 0 Å². The van der Waals surface area contributed by atoms with E-state index < -0.39 is 0 Å². The van der Waals surface area contributed by atoms with E-state index in [0.717, 1.165) is 36.6 Å². The number of aromatic nitrogens is 2. The van der Waals surface area contributed by atoms with Gasteiger partial charge in [-0.3, -0.25) is 0 Å². The molecule has 4 heteroatoms. The molecule has 1 unspecified atom stereocenters. The Hall–Kier alpha value is -1.00. The van der Waals surface area contributed by atoms with Gasteiger partial charge >= 0.3 is 0 Å². The average Bonchev–Trinajstić information content (AvgIpc) is 2.37. The highest BCUT2D eigenvalue weighted by Gasteiger charge is 2.17. The van der Waals surface area contributed by atoms with Crippen LogP contribution in [0.25, 0.3) is 0 Å². The summed E-state index contributed by atoms with van der Waals surface area (Å²) in [5.74, 6) is 0.831. The Morgan fingerprint density at radius 1 is 1.10 bits per heavy atom. The van der Waals surface area contributed by atoms with Crippen LogP contribution in [0.5, 0.6) is 0 Å². The lowest BCUT2D eigenvalue weighted by Gasteiger charge is -2.18. The maximum atomic E-state index is 5.78. The highest BCUT2D eigenvalue weighted by Crippen LogP contribution is 2.21. The van der Waals surface area contributed by atoms with Crippen molar-refractivity contribution < 1.29 is 4.74 Å². The fourth-order valence-corrected chi connectivity index (χ4v) is 2.22. The molecule has 0 radical (unpaired) electrons. The molecule has 1 rings (SSSR count). The molecule has 1 N–H and O–H groups in total. The van der Waals surface area contributed by atoms with Gasteiger partial charge in [0.05, 0.1) is 0 Å². The number of ether oxygens (including phenoxy) is 1. The van der Waals surface area contributed by atoms with E-state index in [2.05, 4.69) is 49.9 Å². The van der Waals surface area contributed by atoms with Crippen molar-refractivity contribution in [1.82, 2.24) is 15.3 Å². The SMILES string of the molecule is CCCC(OCC)c1nc(C)c(CNC(C)C)c(C)n1. The van der Waals surface area contributed by atoms with Crippen LogP contribution in [-0.2, 0) is 11.3 Å². The number of nitrogens with one attached hydrogen (secondary N) is 1. The Morgan fingerprint density at radius 3 is 2.15 bits per heavy atom. The van der Waals surface area contributed by atoms with Crippen molar-refractivity contribution in [1.29, 1.82) is 0 Å². The molecule has 114 valence electrons. The van der Waals surface area contributed by atoms with Crippen LogP contribution in [0.1, 0.15) is 69.4 Å². The quantitative estimate of drug-likeness (QED) is 0.791. The molecule has 0 saturated carbocycles. The summed E-state index contributed by atoms with van der Waals surface area (Å²) < 4.78 is 5.78. The summed E-state index contributed by atoms with van der Waals surface area (Å²) in [6.45, 7) is 14.1. The Labute approximate surface area is 123 Å². The fourth-order valence-electron chi connectivity index (χ4n) is 2.22. The van der Waals surface area contributed by atoms with Gasteiger partial charge in [-0.2, -0.15) is 0 Å². The predicted molar refractivity (Wildman–Crippen MR) is 82.8 cm³/mol. The van der Waals surface area contributed by atoms with E-state index in [1.165, 1.54) is 5.56 Å². The Balaban J connectivity index is 2.95. The molecule has 0 aliphatic heterocycles. The Bertz CT molecular complexity index is 389. The monoisotopic (exact) mass is 279 g/mol. The summed E-state index contributed by atoms with van der Waals surface area (Å²) in [6.07, 6.45) is 2.06. The molecule has 0 bridgehead atoms. The van der Waals surface area contributed by atoms with E-state index in [-0.39, 0.29) is 6.10 Å². The van der Waals surface area contributed by atoms with Gasteiger partial charge in [-0.05, 0) is 27.2 Å². The number of nitrogens with zero attached hydrogens (tertiary/aromatic N) is 2. The first-order valence-electron chi connectivity index (χ1n) is 7.68. The van der Waals surface area contributed by atoms with E-state index in [0.29, 0.717) is 12.6 Å². The zero-order chi connectivity index (χ0) is 15.1. The van der Waals surface area contributed by atoms with Gasteiger partial charge in [-0.15, -0.1) is 0 Å². The van der Waals surface area contributed by atoms with Gasteiger partial charge in [0.2, 0.25) is 0 Å². The largest absolute Gasteiger partial charge is 0.371 e. The maximum Gasteiger partial charge on any atom is 0.157 e. The van der Waals surface area contributed by atoms with Crippen LogP contribution in [0.4, 0.5) is 0 Å². The van der Waals surface area contributed by atoms with Crippen LogP contribution in [0.3, 0.4) is 0 Å². The van der Waals surface area contributed by atoms with Crippen molar-refractivity contribution >= 4 is 0 Å². The summed E-state index contributed by atoms with van der Waals surface area (Å²) >= 11 is 0. The van der Waals surface area contributed by atoms with E-state index in [4.69, 9.17) is 4.74 Å². The fraction of sp³-hybridized carbons (Fsp3) is 0.750. The molecule has 0 saturated heterocycles. The predicted octanol–water partition coefficient (Wildman–Crippen LogP) is 3.47. The molecule has 1 heterocycles. The lowest BCUT2D eigenvalue weighted by Crippen LogP contribution is -2.24. The number of aryl methyl sites for hydroxylation is 2. The highest BCUT2D eigenvalue weighted by molar-refractivity contribution is 5.24. The third-order valence-electron chi connectivity index (χ3n) is 3.33. The molecular weight excluding hydrogens is 250 g/mol. The molecule has 20 heavy (non-hydrogen) atoms. The van der Waals surface area contributed by atoms with Gasteiger partial charge in [0.1, 0.15) is 6.10 Å². The van der Waals surface area contributed by atoms with Crippen LogP contribution in [0.2, 0.25) is 0 Å². The second-order valence-corrected chi connectivity index (χ2v) is 5.50. The molecule has 0 amide bonds. The molecule has 1 aromatic rings. The molecule has 1 atom stereocenters. The number of hydrogen-bond acceptors (Lipinski definition) is 4. The lowest BCUT2D eigenvalue weighted by molar-refractivity contribution is 0.0491. The first-order chi connectivity index (χ1) is 9.49. The molecular formula is C16H29N3O. The Kier molecular flexibility index (Phi) is 7.10. The van der Waals surface area contributed by atoms with Crippen LogP contribution in [0.15, 0.2) is 0 Å². The van der Waals surface area contributed by atoms with E-state index >= 15 is 0 Å². The minimum absolute atomic E-state index is 0.0227. The standard InChI is InChI=1S/C16H29N3O/c1-7-9-15(20-8-2)16-18-12(5)14(13(6)19-16)10-17-11(3)4/h11,15,17H,7-10H2,1-6H3. The normalized spacial score (nSPS) is 12.9. The minimum atomic E-state index is 0.0227. The minimum Gasteiger partial charge on any atom is -0.371 e. The van der Waals surface area contributed by atoms with Crippen molar-refractivity contribution in [3.63, 3.8) is 0 Å². The van der Waals surface area contributed by atoms with Crippen molar-refractivity contribution in [3.05, 3.63) is 22.8 Å². The molecule has 4 nitrogen and oxygen atoms in total. The second kappa shape index (κ2) is 8.32. The summed E-state index contributed by atoms with van der Waals surface area (Å²) in [5.41, 5.74) is 3.32. The zero-order valence-corrected chi connectivity index (χ0v) is 13.8. The van der Waals surface area contributed by atoms with Crippen LogP contribution < -0.4 is 5.32 Å². The van der Waals surface area contributed by atoms with Crippen molar-refractivity contribution in [2.75, 3.05) is 6.61 Å². The first kappa shape index (κ1) is 17.1. The third kappa shape index (κ3) is 4.84.